The van der Waals surface area contributed by atoms with Gasteiger partial charge >= 0.3 is 0 Å². The zero-order chi connectivity index (χ0) is 25.2. The third-order valence-electron chi connectivity index (χ3n) is 6.12. The number of aryl methyl sites for hydroxylation is 1. The van der Waals surface area contributed by atoms with Crippen LogP contribution >= 0.6 is 23.6 Å². The summed E-state index contributed by atoms with van der Waals surface area (Å²) in [6.45, 7) is 3.50. The van der Waals surface area contributed by atoms with E-state index < -0.39 is 10.8 Å². The summed E-state index contributed by atoms with van der Waals surface area (Å²) in [4.78, 5) is 30.7. The van der Waals surface area contributed by atoms with Gasteiger partial charge < -0.3 is 10.2 Å². The number of nitrogens with zero attached hydrogens (tertiary/aromatic N) is 3. The molecular weight excluding hydrogens is 494 g/mol. The number of carbonyl (C=O) groups is 1. The first kappa shape index (κ1) is 23.8. The van der Waals surface area contributed by atoms with Crippen molar-refractivity contribution in [2.45, 2.75) is 19.8 Å². The van der Waals surface area contributed by atoms with Gasteiger partial charge in [0.15, 0.2) is 5.11 Å². The van der Waals surface area contributed by atoms with E-state index >= 15 is 0 Å². The van der Waals surface area contributed by atoms with E-state index in [1.165, 1.54) is 6.07 Å². The molecule has 1 saturated heterocycles. The molecule has 10 heteroatoms. The number of nitro groups is 1. The van der Waals surface area contributed by atoms with Gasteiger partial charge in [-0.2, -0.15) is 0 Å². The highest BCUT2D eigenvalue weighted by Gasteiger charge is 2.24. The van der Waals surface area contributed by atoms with E-state index in [1.54, 1.807) is 23.5 Å². The summed E-state index contributed by atoms with van der Waals surface area (Å²) in [5, 5.41) is 18.4. The van der Waals surface area contributed by atoms with Gasteiger partial charge in [0.2, 0.25) is 0 Å². The predicted octanol–water partition coefficient (Wildman–Crippen LogP) is 5.91. The minimum Gasteiger partial charge on any atom is -0.366 e. The topological polar surface area (TPSA) is 100 Å². The number of fused-ring (bicyclic) bond motifs is 1. The van der Waals surface area contributed by atoms with E-state index in [0.29, 0.717) is 5.69 Å². The van der Waals surface area contributed by atoms with Crippen molar-refractivity contribution in [1.82, 2.24) is 10.3 Å². The van der Waals surface area contributed by atoms with Gasteiger partial charge in [0.05, 0.1) is 15.1 Å². The zero-order valence-corrected chi connectivity index (χ0v) is 21.1. The summed E-state index contributed by atoms with van der Waals surface area (Å²) >= 11 is 6.98. The molecule has 1 aliphatic heterocycles. The Hall–Kier alpha value is -3.89. The van der Waals surface area contributed by atoms with Crippen LogP contribution in [0.15, 0.2) is 60.7 Å². The van der Waals surface area contributed by atoms with Crippen LogP contribution in [0.2, 0.25) is 0 Å². The molecule has 182 valence electrons. The first-order valence-corrected chi connectivity index (χ1v) is 12.7. The molecule has 0 saturated carbocycles. The Morgan fingerprint density at radius 1 is 1.11 bits per heavy atom. The molecule has 4 aromatic rings. The van der Waals surface area contributed by atoms with Crippen LogP contribution in [0.1, 0.15) is 28.8 Å². The fourth-order valence-electron chi connectivity index (χ4n) is 4.30. The number of nitrogens with one attached hydrogen (secondary N) is 2. The lowest BCUT2D eigenvalue weighted by atomic mass is 10.1. The van der Waals surface area contributed by atoms with Gasteiger partial charge in [-0.15, -0.1) is 11.3 Å². The lowest BCUT2D eigenvalue weighted by Gasteiger charge is -2.18. The maximum Gasteiger partial charge on any atom is 0.293 e. The van der Waals surface area contributed by atoms with Crippen LogP contribution in [0.4, 0.5) is 17.1 Å². The molecule has 2 heterocycles. The Morgan fingerprint density at radius 3 is 2.61 bits per heavy atom. The third kappa shape index (κ3) is 4.91. The van der Waals surface area contributed by atoms with Gasteiger partial charge in [0, 0.05) is 36.0 Å². The van der Waals surface area contributed by atoms with Crippen molar-refractivity contribution >= 4 is 61.9 Å². The minimum atomic E-state index is -0.507. The summed E-state index contributed by atoms with van der Waals surface area (Å²) < 4.78 is 1.13. The molecule has 0 radical (unpaired) electrons. The number of thiocarbonyl (C=S) groups is 1. The summed E-state index contributed by atoms with van der Waals surface area (Å²) in [6.07, 6.45) is 2.00. The average Bonchev–Trinajstić information content (AvgIpc) is 3.55. The molecule has 1 amide bonds. The molecule has 0 aliphatic carbocycles. The van der Waals surface area contributed by atoms with Crippen molar-refractivity contribution in [3.8, 4) is 10.6 Å². The van der Waals surface area contributed by atoms with E-state index in [4.69, 9.17) is 17.2 Å². The molecule has 1 aromatic heterocycles. The van der Waals surface area contributed by atoms with Gasteiger partial charge in [0.25, 0.3) is 11.6 Å². The van der Waals surface area contributed by atoms with Gasteiger partial charge in [-0.25, -0.2) is 4.98 Å². The van der Waals surface area contributed by atoms with Crippen molar-refractivity contribution in [3.63, 3.8) is 0 Å². The van der Waals surface area contributed by atoms with Crippen molar-refractivity contribution in [2.24, 2.45) is 0 Å². The highest BCUT2D eigenvalue weighted by Crippen LogP contribution is 2.33. The first-order valence-electron chi connectivity index (χ1n) is 11.5. The summed E-state index contributed by atoms with van der Waals surface area (Å²) in [7, 11) is 0. The number of anilines is 2. The van der Waals surface area contributed by atoms with E-state index in [2.05, 4.69) is 16.7 Å². The Kier molecular flexibility index (Phi) is 6.62. The van der Waals surface area contributed by atoms with Crippen LogP contribution < -0.4 is 15.5 Å². The van der Waals surface area contributed by atoms with E-state index in [0.717, 1.165) is 58.0 Å². The molecule has 0 atom stereocenters. The summed E-state index contributed by atoms with van der Waals surface area (Å²) in [5.74, 6) is -0.507. The van der Waals surface area contributed by atoms with Crippen LogP contribution in [-0.2, 0) is 0 Å². The number of thiazole rings is 1. The Balaban J connectivity index is 1.28. The Bertz CT molecular complexity index is 1460. The van der Waals surface area contributed by atoms with Gasteiger partial charge in [0.1, 0.15) is 10.7 Å². The molecule has 0 unspecified atom stereocenters. The zero-order valence-electron chi connectivity index (χ0n) is 19.5. The quantitative estimate of drug-likeness (QED) is 0.193. The number of hydrogen-bond donors (Lipinski definition) is 2. The Labute approximate surface area is 217 Å². The largest absolute Gasteiger partial charge is 0.366 e. The van der Waals surface area contributed by atoms with E-state index in [9.17, 15) is 14.9 Å². The normalized spacial score (nSPS) is 13.1. The molecular formula is C26H23N5O3S2. The SMILES string of the molecule is Cc1cc(-c2nc3ccccc3s2)ccc1NC(=S)NC(=O)c1ccc(N2CCCC2)c([N+](=O)[O-])c1. The molecule has 3 aromatic carbocycles. The fourth-order valence-corrected chi connectivity index (χ4v) is 5.46. The number of para-hydroxylation sites is 1. The number of nitro benzene ring substituents is 1. The Morgan fingerprint density at radius 2 is 1.89 bits per heavy atom. The van der Waals surface area contributed by atoms with Crippen LogP contribution in [0.5, 0.6) is 0 Å². The number of aromatic nitrogens is 1. The smallest absolute Gasteiger partial charge is 0.293 e. The maximum absolute atomic E-state index is 12.8. The van der Waals surface area contributed by atoms with E-state index in [-0.39, 0.29) is 16.4 Å². The second-order valence-electron chi connectivity index (χ2n) is 8.58. The number of rotatable bonds is 5. The molecule has 0 spiro atoms. The minimum absolute atomic E-state index is 0.0790. The molecule has 1 aliphatic rings. The standard InChI is InChI=1S/C26H23N5O3S2/c1-16-14-18(25-27-20-6-2-3-7-23(20)36-25)8-10-19(16)28-26(35)29-24(32)17-9-11-21(22(15-17)31(33)34)30-12-4-5-13-30/h2-3,6-11,14-15H,4-5,12-13H2,1H3,(H2,28,29,32,35). The monoisotopic (exact) mass is 517 g/mol. The molecule has 2 N–H and O–H groups in total. The summed E-state index contributed by atoms with van der Waals surface area (Å²) in [5.41, 5.74) is 4.30. The lowest BCUT2D eigenvalue weighted by molar-refractivity contribution is -0.384. The van der Waals surface area contributed by atoms with Crippen molar-refractivity contribution in [1.29, 1.82) is 0 Å². The molecule has 5 rings (SSSR count). The maximum atomic E-state index is 12.8. The number of amides is 1. The van der Waals surface area contributed by atoms with Crippen LogP contribution in [0.25, 0.3) is 20.8 Å². The number of hydrogen-bond acceptors (Lipinski definition) is 7. The average molecular weight is 518 g/mol. The van der Waals surface area contributed by atoms with Gasteiger partial charge in [-0.05, 0) is 80.0 Å². The summed E-state index contributed by atoms with van der Waals surface area (Å²) in [6, 6.07) is 18.4. The number of benzene rings is 3. The second-order valence-corrected chi connectivity index (χ2v) is 10.0. The highest BCUT2D eigenvalue weighted by molar-refractivity contribution is 7.80. The molecule has 0 bridgehead atoms. The number of carbonyl (C=O) groups excluding carboxylic acids is 1. The van der Waals surface area contributed by atoms with Gasteiger partial charge in [-0.3, -0.25) is 20.2 Å². The molecule has 36 heavy (non-hydrogen) atoms. The molecule has 8 nitrogen and oxygen atoms in total. The van der Waals surface area contributed by atoms with Crippen LogP contribution in [0, 0.1) is 17.0 Å². The second kappa shape index (κ2) is 10.00. The predicted molar refractivity (Wildman–Crippen MR) is 148 cm³/mol. The third-order valence-corrected chi connectivity index (χ3v) is 7.41. The van der Waals surface area contributed by atoms with E-state index in [1.807, 2.05) is 48.2 Å². The van der Waals surface area contributed by atoms with Gasteiger partial charge in [-0.1, -0.05) is 12.1 Å². The lowest BCUT2D eigenvalue weighted by Crippen LogP contribution is -2.34. The first-order chi connectivity index (χ1) is 17.4. The van der Waals surface area contributed by atoms with Crippen LogP contribution in [0.3, 0.4) is 0 Å². The van der Waals surface area contributed by atoms with Crippen molar-refractivity contribution in [2.75, 3.05) is 23.3 Å². The highest BCUT2D eigenvalue weighted by atomic mass is 32.1. The van der Waals surface area contributed by atoms with Crippen LogP contribution in [-0.4, -0.2) is 34.0 Å². The van der Waals surface area contributed by atoms with Crippen molar-refractivity contribution < 1.29 is 9.72 Å². The van der Waals surface area contributed by atoms with Crippen molar-refractivity contribution in [3.05, 3.63) is 81.9 Å². The molecule has 1 fully saturated rings. The fraction of sp³-hybridized carbons (Fsp3) is 0.192.